The topological polar surface area (TPSA) is 28.1 Å². The van der Waals surface area contributed by atoms with E-state index in [-0.39, 0.29) is 0 Å². The molecule has 0 unspecified atom stereocenters. The smallest absolute Gasteiger partial charge is 0.0542 e. The molecule has 14 heavy (non-hydrogen) atoms. The number of nitrogens with one attached hydrogen (secondary N) is 1. The highest BCUT2D eigenvalue weighted by atomic mass is 14.7. The molecule has 72 valence electrons. The Balaban J connectivity index is 2.36. The minimum Gasteiger partial charge on any atom is -0.361 e. The molecule has 0 radical (unpaired) electrons. The van der Waals surface area contributed by atoms with Crippen LogP contribution in [0, 0.1) is 0 Å². The second kappa shape index (κ2) is 4.09. The van der Waals surface area contributed by atoms with Gasteiger partial charge in [-0.3, -0.25) is 4.99 Å². The van der Waals surface area contributed by atoms with E-state index < -0.39 is 0 Å². The second-order valence-corrected chi connectivity index (χ2v) is 3.32. The molecule has 0 amide bonds. The summed E-state index contributed by atoms with van der Waals surface area (Å²) in [6.45, 7) is 3.03. The first-order valence-corrected chi connectivity index (χ1v) is 4.97. The lowest BCUT2D eigenvalue weighted by Crippen LogP contribution is -1.85. The average Bonchev–Trinajstić information content (AvgIpc) is 2.67. The summed E-state index contributed by atoms with van der Waals surface area (Å²) in [5.41, 5.74) is 2.34. The molecule has 1 N–H and O–H groups in total. The molecular formula is C12H14N2. The molecule has 0 saturated carbocycles. The van der Waals surface area contributed by atoms with E-state index in [1.54, 1.807) is 0 Å². The summed E-state index contributed by atoms with van der Waals surface area (Å²) in [6, 6.07) is 8.32. The Morgan fingerprint density at radius 3 is 3.14 bits per heavy atom. The number of nitrogens with zero attached hydrogens (tertiary/aromatic N) is 1. The molecule has 0 aliphatic heterocycles. The zero-order chi connectivity index (χ0) is 9.80. The number of fused-ring (bicyclic) bond motifs is 1. The third-order valence-corrected chi connectivity index (χ3v) is 2.20. The molecule has 2 nitrogen and oxygen atoms in total. The van der Waals surface area contributed by atoms with Crippen molar-refractivity contribution < 1.29 is 0 Å². The molecule has 2 rings (SSSR count). The summed E-state index contributed by atoms with van der Waals surface area (Å²) in [5, 5.41) is 1.24. The predicted octanol–water partition coefficient (Wildman–Crippen LogP) is 3.00. The molecule has 0 fully saturated rings. The van der Waals surface area contributed by atoms with Crippen LogP contribution in [0.15, 0.2) is 35.5 Å². The number of para-hydroxylation sites is 1. The Bertz CT molecular complexity index is 440. The molecule has 0 atom stereocenters. The van der Waals surface area contributed by atoms with Gasteiger partial charge in [-0.25, -0.2) is 0 Å². The molecule has 1 heterocycles. The fourth-order valence-electron chi connectivity index (χ4n) is 1.51. The summed E-state index contributed by atoms with van der Waals surface area (Å²) in [5.74, 6) is 0. The maximum absolute atomic E-state index is 4.34. The van der Waals surface area contributed by atoms with Crippen molar-refractivity contribution in [1.29, 1.82) is 0 Å². The second-order valence-electron chi connectivity index (χ2n) is 3.32. The fraction of sp³-hybridized carbons (Fsp3) is 0.250. The molecule has 2 heteroatoms. The monoisotopic (exact) mass is 186 g/mol. The van der Waals surface area contributed by atoms with Gasteiger partial charge in [0.25, 0.3) is 0 Å². The number of aliphatic imine (C=N–C) groups is 1. The van der Waals surface area contributed by atoms with Crippen LogP contribution >= 0.6 is 0 Å². The summed E-state index contributed by atoms with van der Waals surface area (Å²) >= 11 is 0. The summed E-state index contributed by atoms with van der Waals surface area (Å²) < 4.78 is 0. The molecule has 1 aromatic carbocycles. The first kappa shape index (κ1) is 9.00. The van der Waals surface area contributed by atoms with Crippen molar-refractivity contribution in [1.82, 2.24) is 4.98 Å². The van der Waals surface area contributed by atoms with Gasteiger partial charge in [0.05, 0.1) is 5.52 Å². The zero-order valence-electron chi connectivity index (χ0n) is 8.33. The molecule has 1 aromatic heterocycles. The molecule has 2 aromatic rings. The number of aromatic nitrogens is 1. The van der Waals surface area contributed by atoms with E-state index >= 15 is 0 Å². The van der Waals surface area contributed by atoms with Gasteiger partial charge in [-0.05, 0) is 12.5 Å². The van der Waals surface area contributed by atoms with Crippen molar-refractivity contribution in [2.75, 3.05) is 6.54 Å². The molecule has 0 aliphatic rings. The highest BCUT2D eigenvalue weighted by Crippen LogP contribution is 2.14. The van der Waals surface area contributed by atoms with Crippen LogP contribution in [0.4, 0.5) is 0 Å². The van der Waals surface area contributed by atoms with Gasteiger partial charge < -0.3 is 4.98 Å². The van der Waals surface area contributed by atoms with Crippen LogP contribution < -0.4 is 0 Å². The van der Waals surface area contributed by atoms with Crippen LogP contribution in [0.2, 0.25) is 0 Å². The Morgan fingerprint density at radius 1 is 1.36 bits per heavy atom. The quantitative estimate of drug-likeness (QED) is 0.714. The van der Waals surface area contributed by atoms with Gasteiger partial charge in [-0.2, -0.15) is 0 Å². The normalized spacial score (nSPS) is 11.5. The number of H-pyrrole nitrogens is 1. The average molecular weight is 186 g/mol. The number of rotatable bonds is 3. The van der Waals surface area contributed by atoms with Gasteiger partial charge in [0, 0.05) is 29.9 Å². The number of aromatic amines is 1. The predicted molar refractivity (Wildman–Crippen MR) is 61.1 cm³/mol. The van der Waals surface area contributed by atoms with Crippen LogP contribution in [-0.4, -0.2) is 17.7 Å². The van der Waals surface area contributed by atoms with Crippen LogP contribution in [0.1, 0.15) is 18.9 Å². The molecular weight excluding hydrogens is 172 g/mol. The lowest BCUT2D eigenvalue weighted by Gasteiger charge is -1.95. The van der Waals surface area contributed by atoms with E-state index in [0.29, 0.717) is 0 Å². The van der Waals surface area contributed by atoms with Crippen LogP contribution in [-0.2, 0) is 0 Å². The molecule has 0 bridgehead atoms. The molecule has 0 aliphatic carbocycles. The van der Waals surface area contributed by atoms with E-state index in [1.165, 1.54) is 16.5 Å². The first-order valence-electron chi connectivity index (χ1n) is 4.97. The van der Waals surface area contributed by atoms with E-state index in [1.807, 2.05) is 12.4 Å². The van der Waals surface area contributed by atoms with Crippen LogP contribution in [0.25, 0.3) is 10.9 Å². The summed E-state index contributed by atoms with van der Waals surface area (Å²) in [6.07, 6.45) is 5.00. The van der Waals surface area contributed by atoms with Gasteiger partial charge in [0.15, 0.2) is 0 Å². The number of hydrogen-bond donors (Lipinski definition) is 1. The van der Waals surface area contributed by atoms with Crippen LogP contribution in [0.3, 0.4) is 0 Å². The Morgan fingerprint density at radius 2 is 2.29 bits per heavy atom. The largest absolute Gasteiger partial charge is 0.361 e. The number of hydrogen-bond acceptors (Lipinski definition) is 1. The third kappa shape index (κ3) is 1.69. The maximum Gasteiger partial charge on any atom is 0.0542 e. The lowest BCUT2D eigenvalue weighted by atomic mass is 10.1. The standard InChI is InChI=1S/C12H14N2/c1-2-7-13-9-11-5-3-4-10-6-8-14-12(10)11/h3-6,8-9,14H,2,7H2,1H3. The highest BCUT2D eigenvalue weighted by molar-refractivity contribution is 5.97. The zero-order valence-corrected chi connectivity index (χ0v) is 8.33. The Hall–Kier alpha value is -1.57. The van der Waals surface area contributed by atoms with Crippen molar-refractivity contribution >= 4 is 17.1 Å². The maximum atomic E-state index is 4.34. The van der Waals surface area contributed by atoms with Gasteiger partial charge in [0.1, 0.15) is 0 Å². The Kier molecular flexibility index (Phi) is 2.63. The van der Waals surface area contributed by atoms with Crippen molar-refractivity contribution in [3.05, 3.63) is 36.0 Å². The fourth-order valence-corrected chi connectivity index (χ4v) is 1.51. The van der Waals surface area contributed by atoms with Gasteiger partial charge in [-0.1, -0.05) is 25.1 Å². The van der Waals surface area contributed by atoms with E-state index in [2.05, 4.69) is 41.2 Å². The highest BCUT2D eigenvalue weighted by Gasteiger charge is 1.97. The van der Waals surface area contributed by atoms with Crippen molar-refractivity contribution in [2.45, 2.75) is 13.3 Å². The van der Waals surface area contributed by atoms with Crippen molar-refractivity contribution in [3.63, 3.8) is 0 Å². The third-order valence-electron chi connectivity index (χ3n) is 2.20. The summed E-state index contributed by atoms with van der Waals surface area (Å²) in [7, 11) is 0. The SMILES string of the molecule is CCCN=Cc1cccc2cc[nH]c12. The van der Waals surface area contributed by atoms with E-state index in [9.17, 15) is 0 Å². The molecule has 0 spiro atoms. The van der Waals surface area contributed by atoms with Gasteiger partial charge in [-0.15, -0.1) is 0 Å². The van der Waals surface area contributed by atoms with Gasteiger partial charge in [0.2, 0.25) is 0 Å². The van der Waals surface area contributed by atoms with Crippen molar-refractivity contribution in [2.24, 2.45) is 4.99 Å². The number of benzene rings is 1. The van der Waals surface area contributed by atoms with Gasteiger partial charge >= 0.3 is 0 Å². The van der Waals surface area contributed by atoms with Crippen LogP contribution in [0.5, 0.6) is 0 Å². The molecule has 0 saturated heterocycles. The Labute approximate surface area is 83.7 Å². The van der Waals surface area contributed by atoms with Crippen molar-refractivity contribution in [3.8, 4) is 0 Å². The van der Waals surface area contributed by atoms with E-state index in [4.69, 9.17) is 0 Å². The minimum absolute atomic E-state index is 0.900. The lowest BCUT2D eigenvalue weighted by molar-refractivity contribution is 0.937. The first-order chi connectivity index (χ1) is 6.92. The van der Waals surface area contributed by atoms with E-state index in [0.717, 1.165) is 13.0 Å². The minimum atomic E-state index is 0.900. The summed E-state index contributed by atoms with van der Waals surface area (Å²) in [4.78, 5) is 7.57.